The van der Waals surface area contributed by atoms with Gasteiger partial charge in [-0.15, -0.1) is 0 Å². The molecule has 140 valence electrons. The number of halogens is 1. The number of anilines is 1. The van der Waals surface area contributed by atoms with Gasteiger partial charge in [-0.3, -0.25) is 5.32 Å². The normalized spacial score (nSPS) is 16.2. The fourth-order valence-electron chi connectivity index (χ4n) is 3.42. The van der Waals surface area contributed by atoms with Crippen molar-refractivity contribution in [1.82, 2.24) is 15.1 Å². The smallest absolute Gasteiger partial charge is 0.320 e. The molecule has 0 spiro atoms. The zero-order valence-electron chi connectivity index (χ0n) is 14.9. The molecule has 0 bridgehead atoms. The molecule has 3 rings (SSSR count). The maximum Gasteiger partial charge on any atom is 0.320 e. The van der Waals surface area contributed by atoms with Gasteiger partial charge < -0.3 is 10.4 Å². The average Bonchev–Trinajstić information content (AvgIpc) is 3.04. The molecule has 1 fully saturated rings. The van der Waals surface area contributed by atoms with Gasteiger partial charge in [-0.05, 0) is 43.4 Å². The summed E-state index contributed by atoms with van der Waals surface area (Å²) in [5, 5.41) is 19.2. The highest BCUT2D eigenvalue weighted by molar-refractivity contribution is 5.88. The summed E-state index contributed by atoms with van der Waals surface area (Å²) < 4.78 is 15.3. The summed E-state index contributed by atoms with van der Waals surface area (Å²) >= 11 is 0. The van der Waals surface area contributed by atoms with Crippen LogP contribution in [0.15, 0.2) is 30.5 Å². The van der Waals surface area contributed by atoms with E-state index in [2.05, 4.69) is 15.7 Å². The first-order chi connectivity index (χ1) is 12.5. The number of amides is 2. The Morgan fingerprint density at radius 1 is 1.35 bits per heavy atom. The summed E-state index contributed by atoms with van der Waals surface area (Å²) in [5.74, 6) is 0.141. The van der Waals surface area contributed by atoms with Crippen molar-refractivity contribution < 1.29 is 14.3 Å². The van der Waals surface area contributed by atoms with Crippen LogP contribution in [0.2, 0.25) is 0 Å². The number of phenolic OH excluding ortho intramolecular Hbond substituents is 1. The van der Waals surface area contributed by atoms with E-state index in [4.69, 9.17) is 0 Å². The van der Waals surface area contributed by atoms with Crippen LogP contribution >= 0.6 is 0 Å². The molecule has 1 aromatic carbocycles. The Morgan fingerprint density at radius 2 is 2.12 bits per heavy atom. The van der Waals surface area contributed by atoms with Crippen molar-refractivity contribution in [3.05, 3.63) is 41.8 Å². The van der Waals surface area contributed by atoms with Crippen LogP contribution in [0.3, 0.4) is 0 Å². The zero-order valence-corrected chi connectivity index (χ0v) is 14.9. The lowest BCUT2D eigenvalue weighted by molar-refractivity contribution is 0.249. The molecule has 2 amide bonds. The second kappa shape index (κ2) is 8.21. The van der Waals surface area contributed by atoms with E-state index in [1.807, 2.05) is 4.68 Å². The predicted molar refractivity (Wildman–Crippen MR) is 97.4 cm³/mol. The van der Waals surface area contributed by atoms with Crippen molar-refractivity contribution in [1.29, 1.82) is 0 Å². The third kappa shape index (κ3) is 4.53. The summed E-state index contributed by atoms with van der Waals surface area (Å²) in [4.78, 5) is 12.3. The monoisotopic (exact) mass is 360 g/mol. The summed E-state index contributed by atoms with van der Waals surface area (Å²) in [7, 11) is 0. The van der Waals surface area contributed by atoms with Crippen LogP contribution in [0.25, 0.3) is 0 Å². The van der Waals surface area contributed by atoms with E-state index < -0.39 is 17.6 Å². The summed E-state index contributed by atoms with van der Waals surface area (Å²) in [6, 6.07) is 5.06. The molecule has 0 saturated heterocycles. The van der Waals surface area contributed by atoms with Crippen molar-refractivity contribution in [3.8, 4) is 5.75 Å². The fourth-order valence-corrected chi connectivity index (χ4v) is 3.42. The maximum absolute atomic E-state index is 13.5. The number of aromatic nitrogens is 2. The highest BCUT2D eigenvalue weighted by atomic mass is 19.1. The second-order valence-electron chi connectivity index (χ2n) is 6.93. The van der Waals surface area contributed by atoms with Gasteiger partial charge in [0.15, 0.2) is 11.6 Å². The Labute approximate surface area is 152 Å². The Kier molecular flexibility index (Phi) is 5.75. The van der Waals surface area contributed by atoms with Gasteiger partial charge in [0.2, 0.25) is 0 Å². The molecule has 0 aliphatic heterocycles. The molecule has 1 unspecified atom stereocenters. The number of hydrogen-bond acceptors (Lipinski definition) is 3. The number of phenols is 1. The van der Waals surface area contributed by atoms with Gasteiger partial charge in [-0.2, -0.15) is 5.10 Å². The van der Waals surface area contributed by atoms with Crippen molar-refractivity contribution in [2.75, 3.05) is 5.32 Å². The van der Waals surface area contributed by atoms with Gasteiger partial charge >= 0.3 is 6.03 Å². The Morgan fingerprint density at radius 3 is 2.85 bits per heavy atom. The number of nitrogens with one attached hydrogen (secondary N) is 2. The molecule has 7 heteroatoms. The molecule has 1 aromatic heterocycles. The Hall–Kier alpha value is -2.57. The molecule has 0 radical (unpaired) electrons. The molecule has 1 aliphatic rings. The zero-order chi connectivity index (χ0) is 18.5. The van der Waals surface area contributed by atoms with Crippen molar-refractivity contribution in [2.24, 2.45) is 5.92 Å². The Balaban J connectivity index is 1.57. The van der Waals surface area contributed by atoms with Gasteiger partial charge in [0, 0.05) is 12.6 Å². The maximum atomic E-state index is 13.5. The number of rotatable bonds is 5. The Bertz CT molecular complexity index is 756. The largest absolute Gasteiger partial charge is 0.505 e. The summed E-state index contributed by atoms with van der Waals surface area (Å²) in [6.45, 7) is 2.56. The van der Waals surface area contributed by atoms with E-state index in [-0.39, 0.29) is 6.03 Å². The number of carbonyl (C=O) groups is 1. The van der Waals surface area contributed by atoms with Crippen LogP contribution in [0.4, 0.5) is 15.0 Å². The first-order valence-electron chi connectivity index (χ1n) is 9.10. The predicted octanol–water partition coefficient (Wildman–Crippen LogP) is 4.19. The molecule has 2 aromatic rings. The van der Waals surface area contributed by atoms with E-state index in [9.17, 15) is 14.3 Å². The van der Waals surface area contributed by atoms with Crippen LogP contribution in [-0.4, -0.2) is 20.9 Å². The fraction of sp³-hybridized carbons (Fsp3) is 0.474. The van der Waals surface area contributed by atoms with E-state index in [0.29, 0.717) is 17.3 Å². The summed E-state index contributed by atoms with van der Waals surface area (Å²) in [6.07, 6.45) is 7.91. The van der Waals surface area contributed by atoms with Crippen LogP contribution < -0.4 is 10.6 Å². The number of benzene rings is 1. The van der Waals surface area contributed by atoms with Crippen LogP contribution in [-0.2, 0) is 6.54 Å². The first-order valence-corrected chi connectivity index (χ1v) is 9.10. The van der Waals surface area contributed by atoms with Gasteiger partial charge in [-0.25, -0.2) is 13.9 Å². The number of hydrogen-bond donors (Lipinski definition) is 3. The van der Waals surface area contributed by atoms with E-state index in [0.717, 1.165) is 6.54 Å². The molecule has 1 heterocycles. The quantitative estimate of drug-likeness (QED) is 0.748. The topological polar surface area (TPSA) is 79.2 Å². The van der Waals surface area contributed by atoms with Crippen molar-refractivity contribution >= 4 is 11.8 Å². The third-order valence-corrected chi connectivity index (χ3v) is 4.93. The molecule has 1 atom stereocenters. The lowest BCUT2D eigenvalue weighted by Crippen LogP contribution is -2.32. The molecular formula is C19H25FN4O2. The van der Waals surface area contributed by atoms with Crippen molar-refractivity contribution in [3.63, 3.8) is 0 Å². The minimum Gasteiger partial charge on any atom is -0.505 e. The molecule has 1 saturated carbocycles. The van der Waals surface area contributed by atoms with Crippen molar-refractivity contribution in [2.45, 2.75) is 51.6 Å². The minimum absolute atomic E-state index is 0.378. The molecular weight excluding hydrogens is 335 g/mol. The van der Waals surface area contributed by atoms with Gasteiger partial charge in [-0.1, -0.05) is 25.3 Å². The number of aromatic hydroxyl groups is 1. The van der Waals surface area contributed by atoms with Crippen LogP contribution in [0.1, 0.15) is 50.6 Å². The van der Waals surface area contributed by atoms with Crippen LogP contribution in [0.5, 0.6) is 5.75 Å². The van der Waals surface area contributed by atoms with E-state index in [1.54, 1.807) is 25.3 Å². The van der Waals surface area contributed by atoms with Crippen LogP contribution in [0, 0.1) is 11.7 Å². The number of urea groups is 1. The van der Waals surface area contributed by atoms with Gasteiger partial charge in [0.05, 0.1) is 12.2 Å². The minimum atomic E-state index is -0.706. The molecule has 6 nitrogen and oxygen atoms in total. The molecule has 1 aliphatic carbocycles. The second-order valence-corrected chi connectivity index (χ2v) is 6.93. The van der Waals surface area contributed by atoms with E-state index >= 15 is 0 Å². The highest BCUT2D eigenvalue weighted by Crippen LogP contribution is 2.26. The standard InChI is InChI=1S/C19H25FN4O2/c1-13(15-7-8-17(25)16(20)11-15)22-19(26)23-18-9-10-21-24(18)12-14-5-3-2-4-6-14/h7-11,13-14,25H,2-6,12H2,1H3,(H2,22,23,26). The third-order valence-electron chi connectivity index (χ3n) is 4.93. The number of nitrogens with zero attached hydrogens (tertiary/aromatic N) is 2. The average molecular weight is 360 g/mol. The SMILES string of the molecule is CC(NC(=O)Nc1ccnn1CC1CCCCC1)c1ccc(O)c(F)c1. The number of carbonyl (C=O) groups excluding carboxylic acids is 1. The lowest BCUT2D eigenvalue weighted by Gasteiger charge is -2.22. The molecule has 26 heavy (non-hydrogen) atoms. The molecule has 3 N–H and O–H groups in total. The first kappa shape index (κ1) is 18.2. The highest BCUT2D eigenvalue weighted by Gasteiger charge is 2.17. The van der Waals surface area contributed by atoms with Gasteiger partial charge in [0.1, 0.15) is 5.82 Å². The summed E-state index contributed by atoms with van der Waals surface area (Å²) in [5.41, 5.74) is 0.575. The van der Waals surface area contributed by atoms with E-state index in [1.165, 1.54) is 44.2 Å². The van der Waals surface area contributed by atoms with Gasteiger partial charge in [0.25, 0.3) is 0 Å². The lowest BCUT2D eigenvalue weighted by atomic mass is 9.89.